The average Bonchev–Trinajstić information content (AvgIpc) is 3.02. The summed E-state index contributed by atoms with van der Waals surface area (Å²) in [5.74, 6) is -0.0276. The summed E-state index contributed by atoms with van der Waals surface area (Å²) in [6, 6.07) is 11.3. The predicted molar refractivity (Wildman–Crippen MR) is 89.5 cm³/mol. The highest BCUT2D eigenvalue weighted by molar-refractivity contribution is 6.30. The van der Waals surface area contributed by atoms with Crippen LogP contribution >= 0.6 is 11.6 Å². The van der Waals surface area contributed by atoms with E-state index >= 15 is 0 Å². The topological polar surface area (TPSA) is 59.6 Å². The van der Waals surface area contributed by atoms with Crippen LogP contribution in [-0.4, -0.2) is 58.5 Å². The number of carbonyl (C=O) groups excluding carboxylic acids is 1. The van der Waals surface area contributed by atoms with E-state index in [1.165, 1.54) is 0 Å². The van der Waals surface area contributed by atoms with E-state index in [-0.39, 0.29) is 5.91 Å². The summed E-state index contributed by atoms with van der Waals surface area (Å²) in [6.45, 7) is 3.39. The zero-order valence-corrected chi connectivity index (χ0v) is 13.5. The van der Waals surface area contributed by atoms with Gasteiger partial charge in [0, 0.05) is 38.9 Å². The molecule has 1 saturated heterocycles. The van der Waals surface area contributed by atoms with E-state index in [0.29, 0.717) is 30.4 Å². The molecule has 1 aromatic heterocycles. The van der Waals surface area contributed by atoms with Crippen LogP contribution < -0.4 is 0 Å². The molecule has 1 aliphatic rings. The highest BCUT2D eigenvalue weighted by Gasteiger charge is 2.24. The second-order valence-corrected chi connectivity index (χ2v) is 6.19. The number of aliphatic hydroxyl groups is 1. The van der Waals surface area contributed by atoms with Crippen LogP contribution in [0, 0.1) is 0 Å². The van der Waals surface area contributed by atoms with Gasteiger partial charge in [0.2, 0.25) is 0 Å². The number of H-pyrrole nitrogens is 1. The molecule has 1 fully saturated rings. The molecule has 1 amide bonds. The fourth-order valence-electron chi connectivity index (χ4n) is 2.82. The third-order valence-corrected chi connectivity index (χ3v) is 4.37. The summed E-state index contributed by atoms with van der Waals surface area (Å²) in [4.78, 5) is 19.2. The van der Waals surface area contributed by atoms with E-state index < -0.39 is 6.10 Å². The Balaban J connectivity index is 1.51. The number of hydrogen-bond acceptors (Lipinski definition) is 3. The Hall–Kier alpha value is -1.82. The van der Waals surface area contributed by atoms with Crippen molar-refractivity contribution in [1.82, 2.24) is 14.8 Å². The van der Waals surface area contributed by atoms with Crippen LogP contribution in [0.3, 0.4) is 0 Å². The molecule has 0 unspecified atom stereocenters. The first-order valence-electron chi connectivity index (χ1n) is 7.72. The van der Waals surface area contributed by atoms with Crippen LogP contribution in [0.25, 0.3) is 0 Å². The monoisotopic (exact) mass is 333 g/mol. The third kappa shape index (κ3) is 3.93. The van der Waals surface area contributed by atoms with Crippen molar-refractivity contribution in [3.63, 3.8) is 0 Å². The highest BCUT2D eigenvalue weighted by Crippen LogP contribution is 2.16. The van der Waals surface area contributed by atoms with Gasteiger partial charge < -0.3 is 15.0 Å². The quantitative estimate of drug-likeness (QED) is 0.901. The van der Waals surface area contributed by atoms with Gasteiger partial charge in [0.05, 0.1) is 11.1 Å². The van der Waals surface area contributed by atoms with Gasteiger partial charge in [-0.1, -0.05) is 41.9 Å². The van der Waals surface area contributed by atoms with Gasteiger partial charge in [-0.2, -0.15) is 0 Å². The molecular formula is C17H20ClN3O2. The molecule has 0 aliphatic carbocycles. The molecule has 3 rings (SSSR count). The van der Waals surface area contributed by atoms with E-state index in [1.54, 1.807) is 12.3 Å². The van der Waals surface area contributed by atoms with Crippen molar-refractivity contribution in [2.45, 2.75) is 6.10 Å². The van der Waals surface area contributed by atoms with E-state index in [0.717, 1.165) is 18.7 Å². The largest absolute Gasteiger partial charge is 0.387 e. The summed E-state index contributed by atoms with van der Waals surface area (Å²) in [5.41, 5.74) is 1.44. The van der Waals surface area contributed by atoms with Crippen LogP contribution in [0.15, 0.2) is 42.6 Å². The van der Waals surface area contributed by atoms with Crippen molar-refractivity contribution in [3.05, 3.63) is 58.9 Å². The number of β-amino-alcohol motifs (C(OH)–C–C–N with tert-alkyl or cyclic N) is 1. The van der Waals surface area contributed by atoms with Gasteiger partial charge in [0.15, 0.2) is 0 Å². The first kappa shape index (κ1) is 16.1. The van der Waals surface area contributed by atoms with Crippen molar-refractivity contribution < 1.29 is 9.90 Å². The Bertz CT molecular complexity index is 651. The minimum Gasteiger partial charge on any atom is -0.387 e. The molecule has 1 aliphatic heterocycles. The Morgan fingerprint density at radius 1 is 1.22 bits per heavy atom. The van der Waals surface area contributed by atoms with E-state index in [2.05, 4.69) is 9.88 Å². The predicted octanol–water partition coefficient (Wildman–Crippen LogP) is 2.16. The normalized spacial score (nSPS) is 17.2. The number of aliphatic hydroxyl groups excluding tert-OH is 1. The van der Waals surface area contributed by atoms with Crippen molar-refractivity contribution in [1.29, 1.82) is 0 Å². The van der Waals surface area contributed by atoms with Gasteiger partial charge in [0.25, 0.3) is 5.91 Å². The minimum atomic E-state index is -0.499. The van der Waals surface area contributed by atoms with Crippen molar-refractivity contribution in [3.8, 4) is 0 Å². The molecular weight excluding hydrogens is 314 g/mol. The highest BCUT2D eigenvalue weighted by atomic mass is 35.5. The molecule has 6 heteroatoms. The molecule has 5 nitrogen and oxygen atoms in total. The van der Waals surface area contributed by atoms with Crippen LogP contribution in [0.5, 0.6) is 0 Å². The number of aromatic nitrogens is 1. The van der Waals surface area contributed by atoms with Gasteiger partial charge >= 0.3 is 0 Å². The number of carbonyl (C=O) groups is 1. The number of aromatic amines is 1. The first-order valence-corrected chi connectivity index (χ1v) is 8.10. The minimum absolute atomic E-state index is 0.0276. The number of nitrogens with one attached hydrogen (secondary N) is 1. The lowest BCUT2D eigenvalue weighted by Crippen LogP contribution is -2.49. The number of rotatable bonds is 4. The van der Waals surface area contributed by atoms with Gasteiger partial charge in [-0.3, -0.25) is 9.69 Å². The maximum Gasteiger partial charge on any atom is 0.270 e. The molecule has 122 valence electrons. The van der Waals surface area contributed by atoms with Crippen molar-refractivity contribution in [2.24, 2.45) is 0 Å². The number of hydrogen-bond donors (Lipinski definition) is 2. The van der Waals surface area contributed by atoms with Crippen LogP contribution in [0.4, 0.5) is 0 Å². The van der Waals surface area contributed by atoms with Crippen LogP contribution in [0.1, 0.15) is 22.2 Å². The van der Waals surface area contributed by atoms with Crippen molar-refractivity contribution >= 4 is 17.5 Å². The Morgan fingerprint density at radius 3 is 2.52 bits per heavy atom. The molecule has 23 heavy (non-hydrogen) atoms. The lowest BCUT2D eigenvalue weighted by Gasteiger charge is -2.35. The van der Waals surface area contributed by atoms with Gasteiger partial charge in [-0.15, -0.1) is 0 Å². The Labute approximate surface area is 140 Å². The fourth-order valence-corrected chi connectivity index (χ4v) is 2.98. The average molecular weight is 334 g/mol. The zero-order valence-electron chi connectivity index (χ0n) is 12.8. The van der Waals surface area contributed by atoms with Gasteiger partial charge in [-0.25, -0.2) is 0 Å². The molecule has 0 bridgehead atoms. The maximum atomic E-state index is 12.3. The van der Waals surface area contributed by atoms with Crippen LogP contribution in [0.2, 0.25) is 5.02 Å². The lowest BCUT2D eigenvalue weighted by atomic mass is 10.1. The number of benzene rings is 1. The summed E-state index contributed by atoms with van der Waals surface area (Å²) in [5, 5.41) is 10.8. The van der Waals surface area contributed by atoms with Crippen LogP contribution in [-0.2, 0) is 0 Å². The molecule has 0 spiro atoms. The lowest BCUT2D eigenvalue weighted by molar-refractivity contribution is 0.0523. The summed E-state index contributed by atoms with van der Waals surface area (Å²) in [7, 11) is 0. The number of halogens is 1. The van der Waals surface area contributed by atoms with E-state index in [9.17, 15) is 9.90 Å². The molecule has 0 saturated carbocycles. The van der Waals surface area contributed by atoms with Crippen molar-refractivity contribution in [2.75, 3.05) is 32.7 Å². The molecule has 2 heterocycles. The SMILES string of the molecule is O=C(c1cc(Cl)c[nH]1)N1CCN(C[C@H](O)c2ccccc2)CC1. The zero-order chi connectivity index (χ0) is 16.2. The number of piperazine rings is 1. The second kappa shape index (κ2) is 7.17. The first-order chi connectivity index (χ1) is 11.1. The molecule has 0 radical (unpaired) electrons. The number of nitrogens with zero attached hydrogens (tertiary/aromatic N) is 2. The Kier molecular flexibility index (Phi) is 5.00. The third-order valence-electron chi connectivity index (χ3n) is 4.15. The van der Waals surface area contributed by atoms with E-state index in [1.807, 2.05) is 35.2 Å². The summed E-state index contributed by atoms with van der Waals surface area (Å²) in [6.07, 6.45) is 1.11. The van der Waals surface area contributed by atoms with E-state index in [4.69, 9.17) is 11.6 Å². The molecule has 1 atom stereocenters. The Morgan fingerprint density at radius 2 is 1.91 bits per heavy atom. The van der Waals surface area contributed by atoms with Gasteiger partial charge in [-0.05, 0) is 11.6 Å². The molecule has 2 N–H and O–H groups in total. The standard InChI is InChI=1S/C17H20ClN3O2/c18-14-10-15(19-11-14)17(23)21-8-6-20(7-9-21)12-16(22)13-4-2-1-3-5-13/h1-5,10-11,16,19,22H,6-9,12H2/t16-/m0/s1. The maximum absolute atomic E-state index is 12.3. The molecule has 1 aromatic carbocycles. The second-order valence-electron chi connectivity index (χ2n) is 5.75. The smallest absolute Gasteiger partial charge is 0.270 e. The fraction of sp³-hybridized carbons (Fsp3) is 0.353. The molecule has 2 aromatic rings. The summed E-state index contributed by atoms with van der Waals surface area (Å²) >= 11 is 5.84. The summed E-state index contributed by atoms with van der Waals surface area (Å²) < 4.78 is 0. The number of amides is 1. The van der Waals surface area contributed by atoms with Gasteiger partial charge in [0.1, 0.15) is 5.69 Å².